The number of nitrogens with one attached hydrogen (secondary N) is 2. The molecule has 3 aromatic rings. The summed E-state index contributed by atoms with van der Waals surface area (Å²) in [6.07, 6.45) is 5.71. The van der Waals surface area contributed by atoms with Crippen LogP contribution in [0.3, 0.4) is 0 Å². The maximum atomic E-state index is 12.8. The van der Waals surface area contributed by atoms with Gasteiger partial charge in [0.25, 0.3) is 5.91 Å². The third-order valence-electron chi connectivity index (χ3n) is 6.97. The molecule has 1 aliphatic heterocycles. The highest BCUT2D eigenvalue weighted by atomic mass is 35.5. The quantitative estimate of drug-likeness (QED) is 0.228. The van der Waals surface area contributed by atoms with Gasteiger partial charge in [0.2, 0.25) is 11.8 Å². The van der Waals surface area contributed by atoms with Crippen molar-refractivity contribution in [2.24, 2.45) is 5.92 Å². The molecule has 214 valence electrons. The summed E-state index contributed by atoms with van der Waals surface area (Å²) < 4.78 is 0. The van der Waals surface area contributed by atoms with Gasteiger partial charge in [-0.25, -0.2) is 4.79 Å². The van der Waals surface area contributed by atoms with Crippen molar-refractivity contribution in [3.63, 3.8) is 0 Å². The number of carbonyl (C=O) groups excluding carboxylic acids is 3. The van der Waals surface area contributed by atoms with Crippen molar-refractivity contribution in [3.05, 3.63) is 81.8 Å². The Labute approximate surface area is 252 Å². The number of amides is 3. The molecule has 3 aromatic carbocycles. The number of benzene rings is 3. The van der Waals surface area contributed by atoms with Crippen molar-refractivity contribution in [1.29, 1.82) is 0 Å². The summed E-state index contributed by atoms with van der Waals surface area (Å²) in [6.45, 7) is 0.425. The second kappa shape index (κ2) is 13.9. The number of aliphatic carboxylic acids is 1. The lowest BCUT2D eigenvalue weighted by Gasteiger charge is -2.31. The lowest BCUT2D eigenvalue weighted by molar-refractivity contribution is -0.142. The minimum Gasteiger partial charge on any atom is -0.480 e. The number of carbonyl (C=O) groups is 4. The summed E-state index contributed by atoms with van der Waals surface area (Å²) in [4.78, 5) is 52.5. The van der Waals surface area contributed by atoms with Crippen LogP contribution < -0.4 is 10.6 Å². The maximum absolute atomic E-state index is 12.8. The summed E-state index contributed by atoms with van der Waals surface area (Å²) in [6, 6.07) is 15.2. The van der Waals surface area contributed by atoms with Gasteiger partial charge >= 0.3 is 5.97 Å². The minimum atomic E-state index is -1.29. The molecule has 1 heterocycles. The van der Waals surface area contributed by atoms with E-state index >= 15 is 0 Å². The molecule has 0 saturated carbocycles. The highest BCUT2D eigenvalue weighted by molar-refractivity contribution is 7.98. The zero-order valence-corrected chi connectivity index (χ0v) is 24.6. The fourth-order valence-corrected chi connectivity index (χ4v) is 5.75. The fraction of sp³-hybridized carbons (Fsp3) is 0.267. The molecule has 0 spiro atoms. The van der Waals surface area contributed by atoms with Crippen LogP contribution in [0.15, 0.2) is 65.6 Å². The summed E-state index contributed by atoms with van der Waals surface area (Å²) >= 11 is 14.1. The van der Waals surface area contributed by atoms with Crippen molar-refractivity contribution in [1.82, 2.24) is 15.5 Å². The van der Waals surface area contributed by atoms with E-state index in [0.29, 0.717) is 47.1 Å². The number of piperidine rings is 1. The lowest BCUT2D eigenvalue weighted by Crippen LogP contribution is -2.51. The molecule has 1 aliphatic rings. The Morgan fingerprint density at radius 2 is 1.73 bits per heavy atom. The Morgan fingerprint density at radius 3 is 2.41 bits per heavy atom. The van der Waals surface area contributed by atoms with Crippen LogP contribution in [0.2, 0.25) is 10.0 Å². The first-order valence-corrected chi connectivity index (χ1v) is 14.9. The molecule has 1 atom stereocenters. The van der Waals surface area contributed by atoms with E-state index in [0.717, 1.165) is 15.7 Å². The van der Waals surface area contributed by atoms with Crippen LogP contribution in [0.5, 0.6) is 0 Å². The second-order valence-corrected chi connectivity index (χ2v) is 11.2. The zero-order valence-electron chi connectivity index (χ0n) is 22.2. The molecule has 0 aliphatic carbocycles. The lowest BCUT2D eigenvalue weighted by atomic mass is 9.95. The second-order valence-electron chi connectivity index (χ2n) is 9.59. The molecular weight excluding hydrogens is 585 g/mol. The van der Waals surface area contributed by atoms with Crippen LogP contribution in [0.1, 0.15) is 28.8 Å². The first-order chi connectivity index (χ1) is 19.7. The average Bonchev–Trinajstić information content (AvgIpc) is 2.99. The van der Waals surface area contributed by atoms with E-state index in [-0.39, 0.29) is 12.5 Å². The number of thioether (sulfide) groups is 1. The summed E-state index contributed by atoms with van der Waals surface area (Å²) in [5, 5.41) is 17.5. The van der Waals surface area contributed by atoms with Gasteiger partial charge in [-0.15, -0.1) is 11.8 Å². The normalized spacial score (nSPS) is 14.7. The molecule has 0 radical (unpaired) electrons. The van der Waals surface area contributed by atoms with Crippen molar-refractivity contribution in [2.45, 2.75) is 23.8 Å². The Hall–Kier alpha value is -3.53. The fourth-order valence-electron chi connectivity index (χ4n) is 4.58. The van der Waals surface area contributed by atoms with Crippen molar-refractivity contribution in [3.8, 4) is 0 Å². The van der Waals surface area contributed by atoms with E-state index in [1.807, 2.05) is 42.7 Å². The molecule has 0 bridgehead atoms. The van der Waals surface area contributed by atoms with Gasteiger partial charge in [0.1, 0.15) is 6.04 Å². The number of carboxylic acid groups (broad SMARTS) is 1. The molecule has 3 N–H and O–H groups in total. The minimum absolute atomic E-state index is 0.218. The molecule has 0 unspecified atom stereocenters. The van der Waals surface area contributed by atoms with E-state index in [1.165, 1.54) is 17.8 Å². The van der Waals surface area contributed by atoms with Crippen LogP contribution in [-0.2, 0) is 14.4 Å². The largest absolute Gasteiger partial charge is 0.480 e. The van der Waals surface area contributed by atoms with Crippen LogP contribution in [-0.4, -0.2) is 65.6 Å². The first kappa shape index (κ1) is 30.4. The maximum Gasteiger partial charge on any atom is 0.328 e. The number of carboxylic acids is 1. The Kier molecular flexibility index (Phi) is 10.3. The Morgan fingerprint density at radius 1 is 1.02 bits per heavy atom. The smallest absolute Gasteiger partial charge is 0.328 e. The number of nitrogens with zero attached hydrogens (tertiary/aromatic N) is 1. The predicted molar refractivity (Wildman–Crippen MR) is 162 cm³/mol. The number of fused-ring (bicyclic) bond motifs is 1. The van der Waals surface area contributed by atoms with Gasteiger partial charge in [-0.3, -0.25) is 14.4 Å². The molecule has 0 aromatic heterocycles. The van der Waals surface area contributed by atoms with Crippen molar-refractivity contribution < 1.29 is 24.3 Å². The molecular formula is C30H29Cl2N3O5S. The van der Waals surface area contributed by atoms with E-state index in [2.05, 4.69) is 10.6 Å². The molecule has 3 amide bonds. The third kappa shape index (κ3) is 7.61. The van der Waals surface area contributed by atoms with E-state index in [1.54, 1.807) is 29.2 Å². The van der Waals surface area contributed by atoms with Crippen LogP contribution in [0, 0.1) is 5.92 Å². The predicted octanol–water partition coefficient (Wildman–Crippen LogP) is 5.12. The van der Waals surface area contributed by atoms with Crippen LogP contribution in [0.25, 0.3) is 16.8 Å². The summed E-state index contributed by atoms with van der Waals surface area (Å²) in [5.41, 5.74) is 1.03. The van der Waals surface area contributed by atoms with E-state index in [4.69, 9.17) is 23.2 Å². The molecule has 8 nitrogen and oxygen atoms in total. The number of rotatable bonds is 9. The topological polar surface area (TPSA) is 116 Å². The van der Waals surface area contributed by atoms with Crippen LogP contribution in [0.4, 0.5) is 0 Å². The highest BCUT2D eigenvalue weighted by Gasteiger charge is 2.30. The number of likely N-dealkylation sites (tertiary alicyclic amines) is 1. The highest BCUT2D eigenvalue weighted by Crippen LogP contribution is 2.35. The van der Waals surface area contributed by atoms with E-state index < -0.39 is 29.7 Å². The van der Waals surface area contributed by atoms with Crippen molar-refractivity contribution in [2.75, 3.05) is 25.9 Å². The summed E-state index contributed by atoms with van der Waals surface area (Å²) in [5.74, 6) is -2.77. The molecule has 1 saturated heterocycles. The first-order valence-electron chi connectivity index (χ1n) is 13.0. The molecule has 1 fully saturated rings. The van der Waals surface area contributed by atoms with Gasteiger partial charge in [0, 0.05) is 42.1 Å². The number of hydrogen-bond acceptors (Lipinski definition) is 5. The monoisotopic (exact) mass is 613 g/mol. The number of hydrogen-bond donors (Lipinski definition) is 3. The zero-order chi connectivity index (χ0) is 29.5. The van der Waals surface area contributed by atoms with Gasteiger partial charge in [-0.05, 0) is 59.7 Å². The Balaban J connectivity index is 1.27. The third-order valence-corrected chi connectivity index (χ3v) is 8.76. The summed E-state index contributed by atoms with van der Waals surface area (Å²) in [7, 11) is 0. The van der Waals surface area contributed by atoms with Gasteiger partial charge in [0.05, 0.1) is 10.0 Å². The molecule has 11 heteroatoms. The van der Waals surface area contributed by atoms with Gasteiger partial charge in [0.15, 0.2) is 0 Å². The van der Waals surface area contributed by atoms with Gasteiger partial charge in [-0.2, -0.15) is 0 Å². The Bertz CT molecular complexity index is 1500. The SMILES string of the molecule is CSc1ccc(C=CC(=O)N2CCC(C(=O)N[C@@H](CNC(=O)c3ccc4ccccc4c3)C(=O)O)CC2)c(Cl)c1Cl. The number of halogens is 2. The van der Waals surface area contributed by atoms with Crippen molar-refractivity contribution >= 4 is 75.5 Å². The van der Waals surface area contributed by atoms with E-state index in [9.17, 15) is 24.3 Å². The molecule has 4 rings (SSSR count). The van der Waals surface area contributed by atoms with Crippen LogP contribution >= 0.6 is 35.0 Å². The standard InChI is InChI=1S/C30H29Cl2N3O5S/c1-41-24-10-8-19(26(31)27(24)32)9-11-25(36)35-14-12-20(13-15-35)29(38)34-23(30(39)40)17-33-28(37)22-7-6-18-4-2-3-5-21(18)16-22/h2-11,16,20,23H,12-15,17H2,1H3,(H,33,37)(H,34,38)(H,39,40)/t23-/m0/s1. The average molecular weight is 615 g/mol. The van der Waals surface area contributed by atoms with Gasteiger partial charge < -0.3 is 20.6 Å². The van der Waals surface area contributed by atoms with Gasteiger partial charge in [-0.1, -0.05) is 59.6 Å². The molecule has 41 heavy (non-hydrogen) atoms.